The molecule has 0 aliphatic carbocycles. The van der Waals surface area contributed by atoms with Crippen LogP contribution in [0.3, 0.4) is 0 Å². The highest BCUT2D eigenvalue weighted by Gasteiger charge is 2.28. The van der Waals surface area contributed by atoms with Gasteiger partial charge >= 0.3 is 0 Å². The van der Waals surface area contributed by atoms with Crippen LogP contribution in [0.5, 0.6) is 5.75 Å². The Morgan fingerprint density at radius 2 is 1.69 bits per heavy atom. The summed E-state index contributed by atoms with van der Waals surface area (Å²) in [5.41, 5.74) is 4.24. The number of piperazine rings is 1. The number of aryl methyl sites for hydroxylation is 1. The van der Waals surface area contributed by atoms with Crippen molar-refractivity contribution in [3.8, 4) is 5.75 Å². The fourth-order valence-corrected chi connectivity index (χ4v) is 5.00. The Labute approximate surface area is 208 Å². The average molecular weight is 488 g/mol. The molecule has 7 heteroatoms. The van der Waals surface area contributed by atoms with E-state index in [0.717, 1.165) is 53.9 Å². The van der Waals surface area contributed by atoms with Crippen LogP contribution in [0.25, 0.3) is 6.08 Å². The number of hydrogen-bond donors (Lipinski definition) is 0. The van der Waals surface area contributed by atoms with Crippen LogP contribution in [-0.2, 0) is 11.4 Å². The van der Waals surface area contributed by atoms with E-state index in [-0.39, 0.29) is 11.7 Å². The largest absolute Gasteiger partial charge is 0.489 e. The van der Waals surface area contributed by atoms with E-state index >= 15 is 0 Å². The number of aliphatic imine (C=N–C) groups is 1. The van der Waals surface area contributed by atoms with Crippen LogP contribution in [0, 0.1) is 12.7 Å². The van der Waals surface area contributed by atoms with Gasteiger partial charge in [0.05, 0.1) is 4.91 Å². The first-order chi connectivity index (χ1) is 17.0. The molecule has 0 aromatic heterocycles. The van der Waals surface area contributed by atoms with Crippen molar-refractivity contribution in [1.82, 2.24) is 4.90 Å². The second-order valence-electron chi connectivity index (χ2n) is 8.61. The zero-order valence-electron chi connectivity index (χ0n) is 19.5. The van der Waals surface area contributed by atoms with Gasteiger partial charge in [0.2, 0.25) is 0 Å². The molecule has 35 heavy (non-hydrogen) atoms. The van der Waals surface area contributed by atoms with Crippen molar-refractivity contribution in [2.45, 2.75) is 13.5 Å². The van der Waals surface area contributed by atoms with Gasteiger partial charge in [-0.3, -0.25) is 4.79 Å². The number of anilines is 1. The van der Waals surface area contributed by atoms with Crippen LogP contribution in [0.1, 0.15) is 16.7 Å². The number of rotatable bonds is 5. The predicted molar refractivity (Wildman–Crippen MR) is 140 cm³/mol. The van der Waals surface area contributed by atoms with E-state index in [2.05, 4.69) is 46.0 Å². The van der Waals surface area contributed by atoms with Gasteiger partial charge in [-0.1, -0.05) is 42.0 Å². The minimum absolute atomic E-state index is 0.211. The Kier molecular flexibility index (Phi) is 6.86. The lowest BCUT2D eigenvalue weighted by atomic mass is 10.1. The molecule has 5 nitrogen and oxygen atoms in total. The van der Waals surface area contributed by atoms with E-state index < -0.39 is 0 Å². The molecule has 1 fully saturated rings. The SMILES string of the molecule is Cc1ccc(COc2cccc(/C=C3\SC(N4CCN(c5ccc(F)cc5)CC4)=NC3=O)c2)cc1. The van der Waals surface area contributed by atoms with Gasteiger partial charge in [-0.05, 0) is 72.3 Å². The molecular formula is C28H26FN3O2S. The Hall–Kier alpha value is -3.58. The molecule has 0 bridgehead atoms. The number of nitrogens with zero attached hydrogens (tertiary/aromatic N) is 3. The van der Waals surface area contributed by atoms with Gasteiger partial charge in [0.25, 0.3) is 5.91 Å². The molecule has 0 spiro atoms. The quantitative estimate of drug-likeness (QED) is 0.445. The maximum Gasteiger partial charge on any atom is 0.286 e. The highest BCUT2D eigenvalue weighted by atomic mass is 32.2. The smallest absolute Gasteiger partial charge is 0.286 e. The first kappa shape index (κ1) is 23.2. The molecule has 5 rings (SSSR count). The topological polar surface area (TPSA) is 45.1 Å². The molecule has 3 aromatic rings. The van der Waals surface area contributed by atoms with Gasteiger partial charge in [0, 0.05) is 31.9 Å². The van der Waals surface area contributed by atoms with Crippen LogP contribution in [0.2, 0.25) is 0 Å². The van der Waals surface area contributed by atoms with Crippen molar-refractivity contribution in [3.63, 3.8) is 0 Å². The van der Waals surface area contributed by atoms with Crippen molar-refractivity contribution in [3.05, 3.63) is 100 Å². The molecule has 2 heterocycles. The lowest BCUT2D eigenvalue weighted by Crippen LogP contribution is -2.47. The van der Waals surface area contributed by atoms with Crippen molar-refractivity contribution in [2.24, 2.45) is 4.99 Å². The van der Waals surface area contributed by atoms with Gasteiger partial charge in [-0.25, -0.2) is 4.39 Å². The summed E-state index contributed by atoms with van der Waals surface area (Å²) in [4.78, 5) is 21.9. The van der Waals surface area contributed by atoms with Gasteiger partial charge < -0.3 is 14.5 Å². The number of carbonyl (C=O) groups is 1. The highest BCUT2D eigenvalue weighted by molar-refractivity contribution is 8.18. The summed E-state index contributed by atoms with van der Waals surface area (Å²) in [6, 6.07) is 22.6. The third-order valence-corrected chi connectivity index (χ3v) is 7.08. The van der Waals surface area contributed by atoms with Crippen LogP contribution in [0.15, 0.2) is 82.7 Å². The number of amides is 1. The van der Waals surface area contributed by atoms with Crippen molar-refractivity contribution in [1.29, 1.82) is 0 Å². The van der Waals surface area contributed by atoms with E-state index in [1.165, 1.54) is 29.5 Å². The van der Waals surface area contributed by atoms with Gasteiger partial charge in [0.15, 0.2) is 5.17 Å². The lowest BCUT2D eigenvalue weighted by molar-refractivity contribution is -0.113. The van der Waals surface area contributed by atoms with E-state index in [1.807, 2.05) is 30.3 Å². The monoisotopic (exact) mass is 487 g/mol. The Morgan fingerprint density at radius 1 is 0.971 bits per heavy atom. The molecule has 178 valence electrons. The van der Waals surface area contributed by atoms with E-state index in [4.69, 9.17) is 4.74 Å². The number of carbonyl (C=O) groups excluding carboxylic acids is 1. The summed E-state index contributed by atoms with van der Waals surface area (Å²) in [5, 5.41) is 0.742. The summed E-state index contributed by atoms with van der Waals surface area (Å²) in [6.45, 7) is 5.65. The molecule has 0 N–H and O–H groups in total. The van der Waals surface area contributed by atoms with E-state index in [1.54, 1.807) is 12.1 Å². The van der Waals surface area contributed by atoms with Gasteiger partial charge in [0.1, 0.15) is 18.2 Å². The van der Waals surface area contributed by atoms with Crippen molar-refractivity contribution >= 4 is 34.6 Å². The van der Waals surface area contributed by atoms with Crippen LogP contribution in [-0.4, -0.2) is 42.2 Å². The fourth-order valence-electron chi connectivity index (χ4n) is 4.04. The molecular weight excluding hydrogens is 461 g/mol. The molecule has 0 unspecified atom stereocenters. The fraction of sp³-hybridized carbons (Fsp3) is 0.214. The molecule has 0 atom stereocenters. The highest BCUT2D eigenvalue weighted by Crippen LogP contribution is 2.31. The molecule has 1 saturated heterocycles. The third-order valence-electron chi connectivity index (χ3n) is 6.03. The van der Waals surface area contributed by atoms with Crippen molar-refractivity contribution < 1.29 is 13.9 Å². The lowest BCUT2D eigenvalue weighted by Gasteiger charge is -2.36. The van der Waals surface area contributed by atoms with Crippen LogP contribution in [0.4, 0.5) is 10.1 Å². The maximum absolute atomic E-state index is 13.2. The Bertz CT molecular complexity index is 1260. The number of ether oxygens (including phenoxy) is 1. The predicted octanol–water partition coefficient (Wildman–Crippen LogP) is 5.51. The summed E-state index contributed by atoms with van der Waals surface area (Å²) >= 11 is 1.42. The first-order valence-electron chi connectivity index (χ1n) is 11.6. The number of benzene rings is 3. The maximum atomic E-state index is 13.2. The summed E-state index contributed by atoms with van der Waals surface area (Å²) in [7, 11) is 0. The number of hydrogen-bond acceptors (Lipinski definition) is 5. The van der Waals surface area contributed by atoms with Gasteiger partial charge in [-0.2, -0.15) is 4.99 Å². The summed E-state index contributed by atoms with van der Waals surface area (Å²) in [6.07, 6.45) is 1.87. The summed E-state index contributed by atoms with van der Waals surface area (Å²) < 4.78 is 19.2. The first-order valence-corrected chi connectivity index (χ1v) is 12.4. The Morgan fingerprint density at radius 3 is 2.43 bits per heavy atom. The van der Waals surface area contributed by atoms with Crippen molar-refractivity contribution in [2.75, 3.05) is 31.1 Å². The number of halogens is 1. The molecule has 1 amide bonds. The van der Waals surface area contributed by atoms with Gasteiger partial charge in [-0.15, -0.1) is 0 Å². The second kappa shape index (κ2) is 10.4. The molecule has 2 aliphatic heterocycles. The number of amidine groups is 1. The third kappa shape index (κ3) is 5.74. The Balaban J connectivity index is 1.18. The normalized spacial score (nSPS) is 17.1. The van der Waals surface area contributed by atoms with Crippen LogP contribution < -0.4 is 9.64 Å². The summed E-state index contributed by atoms with van der Waals surface area (Å²) in [5.74, 6) is 0.315. The molecule has 2 aliphatic rings. The zero-order chi connectivity index (χ0) is 24.2. The van der Waals surface area contributed by atoms with E-state index in [0.29, 0.717) is 11.5 Å². The van der Waals surface area contributed by atoms with E-state index in [9.17, 15) is 9.18 Å². The molecule has 3 aromatic carbocycles. The minimum Gasteiger partial charge on any atom is -0.489 e. The standard InChI is InChI=1S/C28H26FN3O2S/c1-20-5-7-21(8-6-20)19-34-25-4-2-3-22(17-25)18-26-27(33)30-28(35-26)32-15-13-31(14-16-32)24-11-9-23(29)10-12-24/h2-12,17-18H,13-16,19H2,1H3/b26-18-. The second-order valence-corrected chi connectivity index (χ2v) is 9.62. The zero-order valence-corrected chi connectivity index (χ0v) is 20.3. The molecule has 0 saturated carbocycles. The number of thioether (sulfide) groups is 1. The minimum atomic E-state index is -0.231. The van der Waals surface area contributed by atoms with Crippen LogP contribution >= 0.6 is 11.8 Å². The average Bonchev–Trinajstić information content (AvgIpc) is 3.24. The molecule has 0 radical (unpaired) electrons.